The fraction of sp³-hybridized carbons (Fsp3) is 0.609. The van der Waals surface area contributed by atoms with Crippen molar-refractivity contribution < 1.29 is 29.1 Å². The Morgan fingerprint density at radius 1 is 1.34 bits per heavy atom. The van der Waals surface area contributed by atoms with E-state index in [1.54, 1.807) is 12.2 Å². The van der Waals surface area contributed by atoms with Gasteiger partial charge < -0.3 is 14.7 Å². The van der Waals surface area contributed by atoms with E-state index >= 15 is 0 Å². The fourth-order valence-corrected chi connectivity index (χ4v) is 7.78. The van der Waals surface area contributed by atoms with Crippen LogP contribution < -0.4 is 4.86 Å². The Balaban J connectivity index is 1.56. The molecule has 4 rings (SSSR count). The topological polar surface area (TPSA) is 113 Å². The highest BCUT2D eigenvalue weighted by molar-refractivity contribution is 7.62. The quantitative estimate of drug-likeness (QED) is 0.394. The Morgan fingerprint density at radius 3 is 2.81 bits per heavy atom. The molecule has 0 amide bonds. The number of carbonyl (C=O) groups is 3. The van der Waals surface area contributed by atoms with Crippen LogP contribution in [0.1, 0.15) is 46.0 Å². The molecule has 5 unspecified atom stereocenters. The van der Waals surface area contributed by atoms with Gasteiger partial charge in [-0.25, -0.2) is 9.65 Å². The predicted octanol–water partition coefficient (Wildman–Crippen LogP) is 3.58. The normalized spacial score (nSPS) is 41.0. The number of aliphatic hydroxyl groups is 1. The van der Waals surface area contributed by atoms with Gasteiger partial charge >= 0.3 is 5.71 Å². The van der Waals surface area contributed by atoms with Gasteiger partial charge in [0.15, 0.2) is 5.78 Å². The van der Waals surface area contributed by atoms with Gasteiger partial charge in [0.05, 0.1) is 23.3 Å². The van der Waals surface area contributed by atoms with Crippen LogP contribution in [0, 0.1) is 28.6 Å². The second-order valence-electron chi connectivity index (χ2n) is 9.98. The molecule has 0 aromatic heterocycles. The zero-order valence-electron chi connectivity index (χ0n) is 18.4. The molecule has 3 saturated carbocycles. The Labute approximate surface area is 191 Å². The van der Waals surface area contributed by atoms with Crippen molar-refractivity contribution in [3.63, 3.8) is 0 Å². The Kier molecular flexibility index (Phi) is 6.37. The SMILES string of the molecule is C=C(COC(=O)PNPO)[C@@]1(O)CCC2C3CCC4=CC(=O)C=C[C@]4(C)C3C(=O)C[C@@]21C. The number of hydrogen-bond acceptors (Lipinski definition) is 7. The average Bonchev–Trinajstić information content (AvgIpc) is 3.02. The second kappa shape index (κ2) is 8.52. The van der Waals surface area contributed by atoms with Gasteiger partial charge in [0.1, 0.15) is 12.4 Å². The maximum Gasteiger partial charge on any atom is 0.338 e. The number of Topliss-reactive ketones (excluding diaryl/α,β-unsaturated/α-hetero) is 1. The molecule has 32 heavy (non-hydrogen) atoms. The van der Waals surface area contributed by atoms with Crippen LogP contribution in [0.5, 0.6) is 0 Å². The lowest BCUT2D eigenvalue weighted by Gasteiger charge is -2.57. The number of fused-ring (bicyclic) bond motifs is 5. The van der Waals surface area contributed by atoms with E-state index in [0.717, 1.165) is 24.8 Å². The van der Waals surface area contributed by atoms with Gasteiger partial charge in [0.25, 0.3) is 0 Å². The number of ether oxygens (including phenoxy) is 1. The van der Waals surface area contributed by atoms with E-state index in [-0.39, 0.29) is 51.1 Å². The van der Waals surface area contributed by atoms with Crippen molar-refractivity contribution in [2.75, 3.05) is 6.61 Å². The van der Waals surface area contributed by atoms with E-state index < -0.39 is 31.1 Å². The first-order valence-corrected chi connectivity index (χ1v) is 13.0. The molecular formula is C23H31NO6P2. The molecule has 8 atom stereocenters. The van der Waals surface area contributed by atoms with Crippen LogP contribution in [0.3, 0.4) is 0 Å². The molecule has 7 nitrogen and oxygen atoms in total. The molecule has 3 fully saturated rings. The third kappa shape index (κ3) is 3.58. The third-order valence-corrected chi connectivity index (χ3v) is 9.89. The van der Waals surface area contributed by atoms with Gasteiger partial charge in [-0.1, -0.05) is 32.1 Å². The Morgan fingerprint density at radius 2 is 2.09 bits per heavy atom. The number of allylic oxidation sites excluding steroid dienone is 4. The van der Waals surface area contributed by atoms with Crippen LogP contribution >= 0.6 is 17.7 Å². The van der Waals surface area contributed by atoms with Crippen molar-refractivity contribution in [2.24, 2.45) is 28.6 Å². The zero-order chi connectivity index (χ0) is 23.3. The zero-order valence-corrected chi connectivity index (χ0v) is 20.4. The lowest BCUT2D eigenvalue weighted by Crippen LogP contribution is -2.58. The Hall–Kier alpha value is -1.23. The van der Waals surface area contributed by atoms with Crippen molar-refractivity contribution in [3.05, 3.63) is 36.0 Å². The number of carbonyl (C=O) groups excluding carboxylic acids is 3. The predicted molar refractivity (Wildman–Crippen MR) is 124 cm³/mol. The summed E-state index contributed by atoms with van der Waals surface area (Å²) in [6.45, 7) is 7.99. The van der Waals surface area contributed by atoms with E-state index in [2.05, 4.69) is 18.4 Å². The summed E-state index contributed by atoms with van der Waals surface area (Å²) in [5, 5.41) is 11.8. The van der Waals surface area contributed by atoms with Crippen LogP contribution in [0.15, 0.2) is 36.0 Å². The van der Waals surface area contributed by atoms with Gasteiger partial charge in [0, 0.05) is 23.2 Å². The molecular weight excluding hydrogens is 448 g/mol. The average molecular weight is 479 g/mol. The molecule has 0 bridgehead atoms. The summed E-state index contributed by atoms with van der Waals surface area (Å²) in [6.07, 6.45) is 8.31. The van der Waals surface area contributed by atoms with Gasteiger partial charge in [-0.05, 0) is 55.2 Å². The van der Waals surface area contributed by atoms with Crippen molar-refractivity contribution in [2.45, 2.75) is 51.6 Å². The van der Waals surface area contributed by atoms with E-state index in [1.807, 2.05) is 13.0 Å². The molecule has 0 aromatic carbocycles. The largest absolute Gasteiger partial charge is 0.457 e. The number of hydrogen-bond donors (Lipinski definition) is 3. The maximum atomic E-state index is 13.6. The minimum absolute atomic E-state index is 0.0135. The van der Waals surface area contributed by atoms with Crippen molar-refractivity contribution >= 4 is 35.0 Å². The number of nitrogens with one attached hydrogen (secondary N) is 1. The highest BCUT2D eigenvalue weighted by Crippen LogP contribution is 2.67. The summed E-state index contributed by atoms with van der Waals surface area (Å²) in [4.78, 5) is 48.7. The van der Waals surface area contributed by atoms with Crippen molar-refractivity contribution in [1.82, 2.24) is 4.86 Å². The molecule has 0 saturated heterocycles. The van der Waals surface area contributed by atoms with E-state index in [1.165, 1.54) is 0 Å². The molecule has 0 spiro atoms. The minimum atomic E-state index is -1.29. The molecule has 174 valence electrons. The summed E-state index contributed by atoms with van der Waals surface area (Å²) in [7, 11) is -0.911. The standard InChI is InChI=1S/C23H31NO6P2/c1-13(12-30-20(27)31-24-32-29)23(28)9-7-17-16-5-4-14-10-15(25)6-8-21(14,2)19(16)18(26)11-22(17,23)3/h6,8,10,16-17,19,24,28-29,31-32H,1,4-5,7,9,11-12H2,2-3H3/t16?,17?,19?,21-,22-,23-/m0/s1. The van der Waals surface area contributed by atoms with Gasteiger partial charge in [-0.2, -0.15) is 0 Å². The number of rotatable bonds is 6. The second-order valence-corrected chi connectivity index (χ2v) is 11.9. The minimum Gasteiger partial charge on any atom is -0.457 e. The first-order chi connectivity index (χ1) is 15.1. The van der Waals surface area contributed by atoms with Gasteiger partial charge in [0.2, 0.25) is 0 Å². The lowest BCUT2D eigenvalue weighted by molar-refractivity contribution is -0.152. The summed E-state index contributed by atoms with van der Waals surface area (Å²) in [6, 6.07) is 0. The highest BCUT2D eigenvalue weighted by Gasteiger charge is 2.66. The van der Waals surface area contributed by atoms with Crippen LogP contribution in [0.25, 0.3) is 0 Å². The summed E-state index contributed by atoms with van der Waals surface area (Å²) in [5.41, 5.74) is -1.44. The van der Waals surface area contributed by atoms with E-state index in [4.69, 9.17) is 9.63 Å². The van der Waals surface area contributed by atoms with Crippen LogP contribution in [0.4, 0.5) is 4.79 Å². The first-order valence-electron chi connectivity index (χ1n) is 11.0. The summed E-state index contributed by atoms with van der Waals surface area (Å²) in [5.74, 6) is 0.193. The molecule has 0 aliphatic heterocycles. The smallest absolute Gasteiger partial charge is 0.338 e. The molecule has 9 heteroatoms. The molecule has 0 heterocycles. The monoisotopic (exact) mass is 479 g/mol. The number of ketones is 2. The first kappa shape index (κ1) is 23.9. The van der Waals surface area contributed by atoms with Crippen molar-refractivity contribution in [1.29, 1.82) is 0 Å². The molecule has 0 radical (unpaired) electrons. The molecule has 4 aliphatic rings. The van der Waals surface area contributed by atoms with Crippen LogP contribution in [0.2, 0.25) is 0 Å². The fourth-order valence-electron chi connectivity index (χ4n) is 7.00. The van der Waals surface area contributed by atoms with Crippen molar-refractivity contribution in [3.8, 4) is 0 Å². The molecule has 3 N–H and O–H groups in total. The van der Waals surface area contributed by atoms with E-state index in [9.17, 15) is 19.5 Å². The van der Waals surface area contributed by atoms with Gasteiger partial charge in [-0.3, -0.25) is 9.59 Å². The molecule has 0 aromatic rings. The highest BCUT2D eigenvalue weighted by atomic mass is 31.2. The third-order valence-electron chi connectivity index (χ3n) is 8.59. The molecule has 4 aliphatic carbocycles. The lowest BCUT2D eigenvalue weighted by atomic mass is 9.46. The van der Waals surface area contributed by atoms with Crippen LogP contribution in [-0.2, 0) is 14.3 Å². The summed E-state index contributed by atoms with van der Waals surface area (Å²) >= 11 is 0. The van der Waals surface area contributed by atoms with Crippen LogP contribution in [-0.4, -0.2) is 39.5 Å². The summed E-state index contributed by atoms with van der Waals surface area (Å²) < 4.78 is 5.25. The van der Waals surface area contributed by atoms with E-state index in [0.29, 0.717) is 12.0 Å². The van der Waals surface area contributed by atoms with Gasteiger partial charge in [-0.15, -0.1) is 0 Å². The Bertz CT molecular complexity index is 931. The maximum absolute atomic E-state index is 13.6.